The average molecular weight is 430 g/mol. The van der Waals surface area contributed by atoms with Gasteiger partial charge in [-0.15, -0.1) is 0 Å². The van der Waals surface area contributed by atoms with E-state index in [-0.39, 0.29) is 17.1 Å². The number of unbranched alkanes of at least 4 members (excludes halogenated alkanes) is 1. The largest absolute Gasteiger partial charge is 0.426 e. The maximum atomic E-state index is 13.3. The summed E-state index contributed by atoms with van der Waals surface area (Å²) in [6.07, 6.45) is 4.90. The molecule has 2 aliphatic rings. The lowest BCUT2D eigenvalue weighted by atomic mass is 9.79. The second kappa shape index (κ2) is 9.24. The van der Waals surface area contributed by atoms with Gasteiger partial charge in [0.25, 0.3) is 5.97 Å². The number of halogens is 3. The molecule has 5 nitrogen and oxygen atoms in total. The Morgan fingerprint density at radius 1 is 1.13 bits per heavy atom. The Morgan fingerprint density at radius 2 is 1.70 bits per heavy atom. The van der Waals surface area contributed by atoms with Crippen LogP contribution in [-0.2, 0) is 14.3 Å². The van der Waals surface area contributed by atoms with Crippen molar-refractivity contribution >= 4 is 5.97 Å². The number of rotatable bonds is 6. The van der Waals surface area contributed by atoms with E-state index in [4.69, 9.17) is 14.2 Å². The van der Waals surface area contributed by atoms with Crippen LogP contribution < -0.4 is 4.74 Å². The van der Waals surface area contributed by atoms with Crippen molar-refractivity contribution in [3.8, 4) is 5.75 Å². The summed E-state index contributed by atoms with van der Waals surface area (Å²) in [5, 5.41) is 10.8. The molecule has 1 heterocycles. The van der Waals surface area contributed by atoms with Crippen molar-refractivity contribution in [2.24, 2.45) is 17.3 Å². The van der Waals surface area contributed by atoms with Crippen LogP contribution in [0.15, 0.2) is 12.1 Å². The topological polar surface area (TPSA) is 65.0 Å². The number of benzene rings is 1. The average Bonchev–Trinajstić information content (AvgIpc) is 2.73. The summed E-state index contributed by atoms with van der Waals surface area (Å²) >= 11 is 0. The molecule has 0 bridgehead atoms. The van der Waals surface area contributed by atoms with Gasteiger partial charge in [-0.25, -0.2) is 13.2 Å². The van der Waals surface area contributed by atoms with Crippen molar-refractivity contribution in [2.45, 2.75) is 64.8 Å². The van der Waals surface area contributed by atoms with E-state index in [2.05, 4.69) is 13.8 Å². The summed E-state index contributed by atoms with van der Waals surface area (Å²) in [7, 11) is 0. The lowest BCUT2D eigenvalue weighted by Crippen LogP contribution is -2.53. The third-order valence-corrected chi connectivity index (χ3v) is 6.14. The minimum Gasteiger partial charge on any atom is -0.426 e. The third kappa shape index (κ3) is 5.15. The first-order valence-corrected chi connectivity index (χ1v) is 10.5. The summed E-state index contributed by atoms with van der Waals surface area (Å²) in [4.78, 5) is 12.3. The van der Waals surface area contributed by atoms with Crippen LogP contribution in [0.5, 0.6) is 5.75 Å². The molecule has 1 aromatic carbocycles. The normalized spacial score (nSPS) is 32.1. The molecule has 8 heteroatoms. The van der Waals surface area contributed by atoms with E-state index in [0.717, 1.165) is 19.3 Å². The lowest BCUT2D eigenvalue weighted by molar-refractivity contribution is -0.427. The van der Waals surface area contributed by atoms with Gasteiger partial charge >= 0.3 is 5.97 Å². The van der Waals surface area contributed by atoms with Gasteiger partial charge in [-0.3, -0.25) is 4.79 Å². The second-order valence-electron chi connectivity index (χ2n) is 8.79. The second-order valence-corrected chi connectivity index (χ2v) is 8.79. The van der Waals surface area contributed by atoms with Crippen LogP contribution in [-0.4, -0.2) is 30.3 Å². The fraction of sp³-hybridized carbons (Fsp3) is 0.682. The maximum absolute atomic E-state index is 13.3. The number of esters is 1. The Bertz CT molecular complexity index is 730. The van der Waals surface area contributed by atoms with Crippen molar-refractivity contribution in [1.29, 1.82) is 0 Å². The first kappa shape index (κ1) is 23.0. The Balaban J connectivity index is 1.51. The van der Waals surface area contributed by atoms with Gasteiger partial charge in [0.1, 0.15) is 5.75 Å². The molecule has 0 radical (unpaired) electrons. The molecule has 0 atom stereocenters. The molecule has 3 rings (SSSR count). The predicted octanol–water partition coefficient (Wildman–Crippen LogP) is 4.71. The standard InChI is InChI=1S/C22H29F3O5/c1-3-4-9-21(2)12-28-22(27,29-13-21)15-7-5-14(6-8-15)20(26)30-16-10-17(23)19(25)18(24)11-16/h10-11,14-15,27H,3-9,12-13H2,1-2H3. The van der Waals surface area contributed by atoms with Gasteiger partial charge in [0.05, 0.1) is 19.1 Å². The Labute approximate surface area is 174 Å². The molecule has 1 aliphatic heterocycles. The predicted molar refractivity (Wildman–Crippen MR) is 102 cm³/mol. The lowest BCUT2D eigenvalue weighted by Gasteiger charge is -2.46. The molecule has 1 saturated carbocycles. The summed E-state index contributed by atoms with van der Waals surface area (Å²) in [6.45, 7) is 5.02. The summed E-state index contributed by atoms with van der Waals surface area (Å²) in [5.41, 5.74) is -0.122. The van der Waals surface area contributed by atoms with E-state index in [1.54, 1.807) is 0 Å². The molecule has 2 fully saturated rings. The highest BCUT2D eigenvalue weighted by molar-refractivity contribution is 5.75. The van der Waals surface area contributed by atoms with Crippen molar-refractivity contribution in [2.75, 3.05) is 13.2 Å². The molecule has 0 spiro atoms. The zero-order valence-corrected chi connectivity index (χ0v) is 17.4. The van der Waals surface area contributed by atoms with E-state index in [0.29, 0.717) is 51.0 Å². The fourth-order valence-electron chi connectivity index (χ4n) is 4.11. The van der Waals surface area contributed by atoms with Crippen LogP contribution in [0.25, 0.3) is 0 Å². The van der Waals surface area contributed by atoms with Gasteiger partial charge in [-0.2, -0.15) is 0 Å². The first-order chi connectivity index (χ1) is 14.2. The molecule has 0 amide bonds. The van der Waals surface area contributed by atoms with E-state index < -0.39 is 35.3 Å². The first-order valence-electron chi connectivity index (χ1n) is 10.5. The minimum atomic E-state index is -1.66. The van der Waals surface area contributed by atoms with Crippen LogP contribution in [0.1, 0.15) is 58.8 Å². The van der Waals surface area contributed by atoms with Gasteiger partial charge < -0.3 is 19.3 Å². The zero-order valence-electron chi connectivity index (χ0n) is 17.4. The van der Waals surface area contributed by atoms with Crippen LogP contribution in [0.2, 0.25) is 0 Å². The molecule has 1 saturated heterocycles. The van der Waals surface area contributed by atoms with E-state index in [1.807, 2.05) is 0 Å². The number of carbonyl (C=O) groups is 1. The van der Waals surface area contributed by atoms with Gasteiger partial charge in [-0.1, -0.05) is 26.7 Å². The highest BCUT2D eigenvalue weighted by atomic mass is 19.2. The Hall–Kier alpha value is -1.64. The fourth-order valence-corrected chi connectivity index (χ4v) is 4.11. The van der Waals surface area contributed by atoms with Gasteiger partial charge in [0, 0.05) is 23.5 Å². The van der Waals surface area contributed by atoms with Gasteiger partial charge in [0.15, 0.2) is 17.5 Å². The minimum absolute atomic E-state index is 0.122. The van der Waals surface area contributed by atoms with E-state index in [1.165, 1.54) is 0 Å². The number of carbonyl (C=O) groups excluding carboxylic acids is 1. The molecule has 168 valence electrons. The summed E-state index contributed by atoms with van der Waals surface area (Å²) in [5.74, 6) is -7.88. The van der Waals surface area contributed by atoms with Crippen molar-refractivity contribution < 1.29 is 37.3 Å². The number of hydrogen-bond donors (Lipinski definition) is 1. The van der Waals surface area contributed by atoms with Crippen molar-refractivity contribution in [1.82, 2.24) is 0 Å². The number of aliphatic hydroxyl groups is 1. The van der Waals surface area contributed by atoms with Crippen LogP contribution in [0.3, 0.4) is 0 Å². The zero-order chi connectivity index (χ0) is 21.9. The highest BCUT2D eigenvalue weighted by Crippen LogP contribution is 2.42. The molecule has 0 aromatic heterocycles. The smallest absolute Gasteiger partial charge is 0.314 e. The third-order valence-electron chi connectivity index (χ3n) is 6.14. The molecule has 30 heavy (non-hydrogen) atoms. The van der Waals surface area contributed by atoms with Gasteiger partial charge in [-0.05, 0) is 32.1 Å². The SMILES string of the molecule is CCCCC1(C)COC(O)(C2CCC(C(=O)Oc3cc(F)c(F)c(F)c3)CC2)OC1. The van der Waals surface area contributed by atoms with Gasteiger partial charge in [0.2, 0.25) is 0 Å². The monoisotopic (exact) mass is 430 g/mol. The van der Waals surface area contributed by atoms with Crippen LogP contribution in [0, 0.1) is 34.7 Å². The molecule has 1 aliphatic carbocycles. The van der Waals surface area contributed by atoms with Crippen LogP contribution >= 0.6 is 0 Å². The Morgan fingerprint density at radius 3 is 2.23 bits per heavy atom. The van der Waals surface area contributed by atoms with E-state index in [9.17, 15) is 23.1 Å². The molecule has 1 aromatic rings. The molecule has 1 N–H and O–H groups in total. The highest BCUT2D eigenvalue weighted by Gasteiger charge is 2.48. The summed E-state index contributed by atoms with van der Waals surface area (Å²) < 4.78 is 56.1. The number of ether oxygens (including phenoxy) is 3. The van der Waals surface area contributed by atoms with Crippen molar-refractivity contribution in [3.63, 3.8) is 0 Å². The van der Waals surface area contributed by atoms with Crippen LogP contribution in [0.4, 0.5) is 13.2 Å². The maximum Gasteiger partial charge on any atom is 0.314 e. The molecular formula is C22H29F3O5. The summed E-state index contributed by atoms with van der Waals surface area (Å²) in [6, 6.07) is 1.29. The van der Waals surface area contributed by atoms with E-state index >= 15 is 0 Å². The Kier molecular flexibility index (Phi) is 7.09. The van der Waals surface area contributed by atoms with Crippen molar-refractivity contribution in [3.05, 3.63) is 29.6 Å². The molecule has 0 unspecified atom stereocenters. The quantitative estimate of drug-likeness (QED) is 0.402. The molecular weight excluding hydrogens is 401 g/mol. The number of hydrogen-bond acceptors (Lipinski definition) is 5.